The van der Waals surface area contributed by atoms with Gasteiger partial charge in [-0.15, -0.1) is 0 Å². The highest BCUT2D eigenvalue weighted by atomic mass is 16.3. The fourth-order valence-corrected chi connectivity index (χ4v) is 8.83. The maximum atomic E-state index is 10.7. The number of hydrogen-bond donors (Lipinski definition) is 1. The molecule has 2 aliphatic carbocycles. The third-order valence-corrected chi connectivity index (χ3v) is 11.4. The minimum Gasteiger partial charge on any atom is -0.507 e. The number of benzene rings is 5. The topological polar surface area (TPSA) is 41.5 Å². The van der Waals surface area contributed by atoms with E-state index in [-0.39, 0.29) is 5.92 Å². The Morgan fingerprint density at radius 2 is 1.52 bits per heavy atom. The van der Waals surface area contributed by atoms with Crippen molar-refractivity contribution >= 4 is 55.8 Å². The van der Waals surface area contributed by atoms with Crippen molar-refractivity contribution in [1.29, 1.82) is 0 Å². The number of furan rings is 1. The highest BCUT2D eigenvalue weighted by molar-refractivity contribution is 6.11. The molecule has 0 fully saturated rings. The number of aryl methyl sites for hydroxylation is 1. The van der Waals surface area contributed by atoms with Crippen molar-refractivity contribution in [1.82, 2.24) is 4.57 Å². The van der Waals surface area contributed by atoms with E-state index in [9.17, 15) is 5.11 Å². The van der Waals surface area contributed by atoms with Crippen LogP contribution in [0.5, 0.6) is 5.75 Å². The van der Waals surface area contributed by atoms with Gasteiger partial charge in [-0.05, 0) is 97.4 Å². The largest absolute Gasteiger partial charge is 0.507 e. The van der Waals surface area contributed by atoms with Gasteiger partial charge in [-0.1, -0.05) is 91.5 Å². The van der Waals surface area contributed by atoms with Gasteiger partial charge in [0.2, 0.25) is 0 Å². The molecule has 1 aliphatic heterocycles. The number of anilines is 1. The molecule has 4 heteroatoms. The fraction of sp³-hybridized carbons (Fsp3) is 0.167. The predicted molar refractivity (Wildman–Crippen MR) is 217 cm³/mol. The second-order valence-electron chi connectivity index (χ2n) is 14.5. The molecule has 2 aromatic heterocycles. The van der Waals surface area contributed by atoms with Gasteiger partial charge >= 0.3 is 0 Å². The van der Waals surface area contributed by atoms with Crippen LogP contribution in [0.15, 0.2) is 144 Å². The van der Waals surface area contributed by atoms with Crippen LogP contribution in [-0.2, 0) is 6.42 Å². The molecule has 1 unspecified atom stereocenters. The first-order valence-electron chi connectivity index (χ1n) is 18.6. The van der Waals surface area contributed by atoms with E-state index in [1.807, 2.05) is 36.4 Å². The first-order valence-corrected chi connectivity index (χ1v) is 18.6. The molecule has 5 aromatic carbocycles. The summed E-state index contributed by atoms with van der Waals surface area (Å²) < 4.78 is 9.32. The molecule has 4 nitrogen and oxygen atoms in total. The fourth-order valence-electron chi connectivity index (χ4n) is 8.83. The van der Waals surface area contributed by atoms with Crippen LogP contribution >= 0.6 is 0 Å². The van der Waals surface area contributed by atoms with Crippen molar-refractivity contribution in [2.45, 2.75) is 44.4 Å². The van der Waals surface area contributed by atoms with E-state index in [1.54, 1.807) is 0 Å². The first-order chi connectivity index (χ1) is 25.6. The number of para-hydroxylation sites is 2. The van der Waals surface area contributed by atoms with E-state index in [1.165, 1.54) is 55.4 Å². The second-order valence-corrected chi connectivity index (χ2v) is 14.5. The SMILES string of the molecule is C=C1CCCCN(C2=CCC(c3ccc(O)c(-c4ccccc4)c3)C=C2)c2ccc3c4c(oc3c21)CCC(n1c2ccccc2c2ccccc21)=C4. The lowest BCUT2D eigenvalue weighted by molar-refractivity contribution is 0.477. The Balaban J connectivity index is 1.02. The number of nitrogens with zero attached hydrogens (tertiary/aromatic N) is 2. The summed E-state index contributed by atoms with van der Waals surface area (Å²) in [7, 11) is 0. The van der Waals surface area contributed by atoms with Crippen molar-refractivity contribution < 1.29 is 9.52 Å². The number of allylic oxidation sites excluding steroid dienone is 5. The summed E-state index contributed by atoms with van der Waals surface area (Å²) in [6, 6.07) is 38.2. The third kappa shape index (κ3) is 4.97. The van der Waals surface area contributed by atoms with Gasteiger partial charge in [0.05, 0.1) is 16.7 Å². The molecule has 0 bridgehead atoms. The number of phenolic OH excluding ortho intramolecular Hbond substituents is 1. The zero-order valence-electron chi connectivity index (χ0n) is 29.2. The van der Waals surface area contributed by atoms with Crippen LogP contribution in [0.4, 0.5) is 5.69 Å². The molecule has 0 amide bonds. The Morgan fingerprint density at radius 1 is 0.750 bits per heavy atom. The molecule has 0 saturated heterocycles. The van der Waals surface area contributed by atoms with E-state index >= 15 is 0 Å². The van der Waals surface area contributed by atoms with Crippen LogP contribution in [0.1, 0.15) is 60.5 Å². The van der Waals surface area contributed by atoms with Crippen LogP contribution in [0.3, 0.4) is 0 Å². The molecule has 0 saturated carbocycles. The Bertz CT molecular complexity index is 2590. The van der Waals surface area contributed by atoms with Crippen LogP contribution in [0.2, 0.25) is 0 Å². The van der Waals surface area contributed by atoms with Gasteiger partial charge in [0.15, 0.2) is 0 Å². The number of aromatic hydroxyl groups is 1. The van der Waals surface area contributed by atoms with Gasteiger partial charge in [0.1, 0.15) is 17.1 Å². The Labute approximate surface area is 303 Å². The summed E-state index contributed by atoms with van der Waals surface area (Å²) in [5.74, 6) is 1.62. The smallest absolute Gasteiger partial charge is 0.144 e. The number of phenols is 1. The lowest BCUT2D eigenvalue weighted by Gasteiger charge is -2.32. The molecular weight excluding hydrogens is 637 g/mol. The van der Waals surface area contributed by atoms with Crippen LogP contribution in [-0.4, -0.2) is 16.2 Å². The quantitative estimate of drug-likeness (QED) is 0.202. The van der Waals surface area contributed by atoms with Gasteiger partial charge in [-0.2, -0.15) is 0 Å². The van der Waals surface area contributed by atoms with Gasteiger partial charge in [0, 0.05) is 63.1 Å². The van der Waals surface area contributed by atoms with E-state index in [0.29, 0.717) is 5.75 Å². The number of hydrogen-bond acceptors (Lipinski definition) is 3. The second kappa shape index (κ2) is 12.3. The first kappa shape index (κ1) is 30.8. The van der Waals surface area contributed by atoms with E-state index in [2.05, 4.69) is 113 Å². The normalized spacial score (nSPS) is 17.5. The molecule has 3 heterocycles. The summed E-state index contributed by atoms with van der Waals surface area (Å²) in [5, 5.41) is 14.4. The van der Waals surface area contributed by atoms with Crippen LogP contribution < -0.4 is 4.90 Å². The summed E-state index contributed by atoms with van der Waals surface area (Å²) in [4.78, 5) is 2.49. The minimum atomic E-state index is 0.241. The minimum absolute atomic E-state index is 0.241. The summed E-state index contributed by atoms with van der Waals surface area (Å²) >= 11 is 0. The predicted octanol–water partition coefficient (Wildman–Crippen LogP) is 12.5. The van der Waals surface area contributed by atoms with E-state index in [0.717, 1.165) is 78.7 Å². The van der Waals surface area contributed by atoms with Crippen molar-refractivity contribution in [3.8, 4) is 16.9 Å². The van der Waals surface area contributed by atoms with Crippen molar-refractivity contribution in [2.75, 3.05) is 11.4 Å². The van der Waals surface area contributed by atoms with Gasteiger partial charge in [0.25, 0.3) is 0 Å². The van der Waals surface area contributed by atoms with Crippen LogP contribution in [0.25, 0.3) is 61.2 Å². The van der Waals surface area contributed by atoms with Gasteiger partial charge < -0.3 is 19.0 Å². The lowest BCUT2D eigenvalue weighted by Crippen LogP contribution is -2.26. The van der Waals surface area contributed by atoms with Crippen LogP contribution in [0, 0.1) is 0 Å². The molecule has 52 heavy (non-hydrogen) atoms. The monoisotopic (exact) mass is 676 g/mol. The number of fused-ring (bicyclic) bond motifs is 8. The standard InChI is InChI=1S/C48H40N2O2/c1-31-11-9-10-28-49(35-21-18-32(19-22-35)34-20-26-45(51)40(29-34)33-12-3-2-4-13-33)44-25-24-39-41-30-36(23-27-46(41)52-48(39)47(31)44)50-42-16-7-5-14-37(42)38-15-6-8-17-43(38)50/h2-8,12-18,20-22,24-26,29-30,32,51H,1,9-11,19,23,27-28H2. The number of rotatable bonds is 4. The Kier molecular flexibility index (Phi) is 7.31. The van der Waals surface area contributed by atoms with E-state index < -0.39 is 0 Å². The average Bonchev–Trinajstić information content (AvgIpc) is 3.73. The molecule has 1 atom stereocenters. The molecule has 10 rings (SSSR count). The summed E-state index contributed by atoms with van der Waals surface area (Å²) in [6.45, 7) is 5.59. The Morgan fingerprint density at radius 3 is 2.29 bits per heavy atom. The van der Waals surface area contributed by atoms with Crippen molar-refractivity contribution in [3.63, 3.8) is 0 Å². The van der Waals surface area contributed by atoms with Crippen molar-refractivity contribution in [3.05, 3.63) is 162 Å². The molecular formula is C48H40N2O2. The van der Waals surface area contributed by atoms with Crippen molar-refractivity contribution in [2.24, 2.45) is 0 Å². The van der Waals surface area contributed by atoms with E-state index in [4.69, 9.17) is 4.42 Å². The zero-order valence-corrected chi connectivity index (χ0v) is 29.2. The zero-order chi connectivity index (χ0) is 34.8. The molecule has 3 aliphatic rings. The molecule has 254 valence electrons. The van der Waals surface area contributed by atoms with Gasteiger partial charge in [-0.25, -0.2) is 0 Å². The Hall–Kier alpha value is -6.00. The molecule has 0 radical (unpaired) electrons. The molecule has 1 N–H and O–H groups in total. The number of aromatic nitrogens is 1. The van der Waals surface area contributed by atoms with Gasteiger partial charge in [-0.3, -0.25) is 0 Å². The summed E-state index contributed by atoms with van der Waals surface area (Å²) in [5.41, 5.74) is 13.8. The lowest BCUT2D eigenvalue weighted by atomic mass is 9.88. The third-order valence-electron chi connectivity index (χ3n) is 11.4. The average molecular weight is 677 g/mol. The maximum absolute atomic E-state index is 10.7. The highest BCUT2D eigenvalue weighted by Crippen LogP contribution is 2.46. The molecule has 0 spiro atoms. The highest BCUT2D eigenvalue weighted by Gasteiger charge is 2.28. The molecule has 7 aromatic rings. The maximum Gasteiger partial charge on any atom is 0.144 e. The summed E-state index contributed by atoms with van der Waals surface area (Å²) in [6.07, 6.45) is 15.2.